The summed E-state index contributed by atoms with van der Waals surface area (Å²) in [6, 6.07) is 6.92. The van der Waals surface area contributed by atoms with Crippen molar-refractivity contribution in [2.45, 2.75) is 39.5 Å². The fraction of sp³-hybridized carbons (Fsp3) is 0.545. The minimum atomic E-state index is -0.217. The van der Waals surface area contributed by atoms with E-state index < -0.39 is 0 Å². The highest BCUT2D eigenvalue weighted by atomic mass is 19.1. The number of nitrogens with zero attached hydrogens (tertiary/aromatic N) is 4. The van der Waals surface area contributed by atoms with Crippen molar-refractivity contribution in [3.63, 3.8) is 0 Å². The van der Waals surface area contributed by atoms with E-state index in [0.29, 0.717) is 22.8 Å². The Balaban J connectivity index is 1.90. The van der Waals surface area contributed by atoms with Crippen LogP contribution in [0.25, 0.3) is 11.1 Å². The molecule has 1 aromatic carbocycles. The number of hydrogen-bond donors (Lipinski definition) is 0. The number of benzene rings is 1. The van der Waals surface area contributed by atoms with Crippen LogP contribution >= 0.6 is 0 Å². The summed E-state index contributed by atoms with van der Waals surface area (Å²) in [5.41, 5.74) is 2.70. The summed E-state index contributed by atoms with van der Waals surface area (Å²) in [5.74, 6) is 0.796. The summed E-state index contributed by atoms with van der Waals surface area (Å²) in [5, 5.41) is 0. The number of rotatable bonds is 4. The van der Waals surface area contributed by atoms with Crippen molar-refractivity contribution in [3.8, 4) is 11.1 Å². The normalized spacial score (nSPS) is 16.5. The quantitative estimate of drug-likeness (QED) is 0.789. The predicted molar refractivity (Wildman–Crippen MR) is 110 cm³/mol. The van der Waals surface area contributed by atoms with Gasteiger partial charge in [-0.25, -0.2) is 14.4 Å². The Labute approximate surface area is 162 Å². The number of hydrogen-bond acceptors (Lipinski definition) is 4. The molecule has 27 heavy (non-hydrogen) atoms. The van der Waals surface area contributed by atoms with E-state index in [0.717, 1.165) is 43.7 Å². The lowest BCUT2D eigenvalue weighted by atomic mass is 9.87. The third-order valence-corrected chi connectivity index (χ3v) is 5.04. The highest BCUT2D eigenvalue weighted by Gasteiger charge is 2.27. The molecule has 1 fully saturated rings. The van der Waals surface area contributed by atoms with Crippen molar-refractivity contribution in [2.24, 2.45) is 5.41 Å². The van der Waals surface area contributed by atoms with E-state index in [-0.39, 0.29) is 5.82 Å². The molecule has 5 heteroatoms. The molecule has 0 aliphatic carbocycles. The molecule has 1 saturated heterocycles. The number of anilines is 1. The average molecular weight is 371 g/mol. The molecule has 1 aliphatic heterocycles. The molecule has 0 spiro atoms. The average Bonchev–Trinajstić information content (AvgIpc) is 2.61. The van der Waals surface area contributed by atoms with Gasteiger partial charge in [-0.2, -0.15) is 0 Å². The Bertz CT molecular complexity index is 774. The van der Waals surface area contributed by atoms with Gasteiger partial charge in [-0.3, -0.25) is 0 Å². The standard InChI is InChI=1S/C22H31FN4/c1-22(2,3)15-27-12-10-16(11-13-27)20-18(14-24-21(25-20)26(4)5)17-8-6-7-9-19(17)23/h6-9,14,16H,10-13,15H2,1-5H3. The molecule has 0 bridgehead atoms. The zero-order valence-electron chi connectivity index (χ0n) is 17.2. The maximum absolute atomic E-state index is 14.5. The van der Waals surface area contributed by atoms with Crippen molar-refractivity contribution < 1.29 is 4.39 Å². The van der Waals surface area contributed by atoms with Crippen molar-refractivity contribution in [1.29, 1.82) is 0 Å². The van der Waals surface area contributed by atoms with Gasteiger partial charge in [0.25, 0.3) is 0 Å². The lowest BCUT2D eigenvalue weighted by Gasteiger charge is -2.36. The van der Waals surface area contributed by atoms with Gasteiger partial charge in [0.2, 0.25) is 5.95 Å². The third kappa shape index (κ3) is 4.83. The summed E-state index contributed by atoms with van der Waals surface area (Å²) in [6.45, 7) is 10.1. The SMILES string of the molecule is CN(C)c1ncc(-c2ccccc2F)c(C2CCN(CC(C)(C)C)CC2)n1. The highest BCUT2D eigenvalue weighted by molar-refractivity contribution is 5.67. The van der Waals surface area contributed by atoms with E-state index in [9.17, 15) is 4.39 Å². The number of halogens is 1. The lowest BCUT2D eigenvalue weighted by molar-refractivity contribution is 0.153. The Morgan fingerprint density at radius 2 is 1.78 bits per heavy atom. The molecule has 4 nitrogen and oxygen atoms in total. The second kappa shape index (κ2) is 7.93. The second-order valence-corrected chi connectivity index (χ2v) is 8.95. The first kappa shape index (κ1) is 19.7. The van der Waals surface area contributed by atoms with Crippen molar-refractivity contribution in [1.82, 2.24) is 14.9 Å². The Hall–Kier alpha value is -2.01. The molecule has 2 heterocycles. The van der Waals surface area contributed by atoms with Crippen LogP contribution in [-0.2, 0) is 0 Å². The van der Waals surface area contributed by atoms with Crippen LogP contribution in [0.2, 0.25) is 0 Å². The third-order valence-electron chi connectivity index (χ3n) is 5.04. The van der Waals surface area contributed by atoms with Crippen molar-refractivity contribution in [3.05, 3.63) is 42.0 Å². The topological polar surface area (TPSA) is 32.3 Å². The molecule has 0 radical (unpaired) electrons. The molecular formula is C22H31FN4. The van der Waals surface area contributed by atoms with E-state index in [1.165, 1.54) is 6.07 Å². The van der Waals surface area contributed by atoms with Gasteiger partial charge in [0.15, 0.2) is 0 Å². The van der Waals surface area contributed by atoms with Crippen LogP contribution in [-0.4, -0.2) is 48.6 Å². The smallest absolute Gasteiger partial charge is 0.225 e. The lowest BCUT2D eigenvalue weighted by Crippen LogP contribution is -2.38. The van der Waals surface area contributed by atoms with Gasteiger partial charge in [0, 0.05) is 43.9 Å². The molecule has 2 aromatic rings. The maximum Gasteiger partial charge on any atom is 0.225 e. The van der Waals surface area contributed by atoms with Crippen LogP contribution in [0.5, 0.6) is 0 Å². The Kier molecular flexibility index (Phi) is 5.80. The summed E-state index contributed by atoms with van der Waals surface area (Å²) >= 11 is 0. The van der Waals surface area contributed by atoms with Gasteiger partial charge in [0.1, 0.15) is 5.82 Å². The minimum Gasteiger partial charge on any atom is -0.347 e. The van der Waals surface area contributed by atoms with Gasteiger partial charge in [-0.05, 0) is 37.4 Å². The molecule has 0 atom stereocenters. The van der Waals surface area contributed by atoms with Crippen LogP contribution in [0.4, 0.5) is 10.3 Å². The van der Waals surface area contributed by atoms with Gasteiger partial charge >= 0.3 is 0 Å². The summed E-state index contributed by atoms with van der Waals surface area (Å²) in [6.07, 6.45) is 3.88. The van der Waals surface area contributed by atoms with Gasteiger partial charge < -0.3 is 9.80 Å². The van der Waals surface area contributed by atoms with Crippen LogP contribution in [0, 0.1) is 11.2 Å². The molecule has 3 rings (SSSR count). The highest BCUT2D eigenvalue weighted by Crippen LogP contribution is 2.36. The van der Waals surface area contributed by atoms with Crippen molar-refractivity contribution in [2.75, 3.05) is 38.6 Å². The Morgan fingerprint density at radius 3 is 2.37 bits per heavy atom. The maximum atomic E-state index is 14.5. The zero-order chi connectivity index (χ0) is 19.6. The van der Waals surface area contributed by atoms with E-state index >= 15 is 0 Å². The Morgan fingerprint density at radius 1 is 1.11 bits per heavy atom. The molecule has 1 aliphatic rings. The van der Waals surface area contributed by atoms with Gasteiger partial charge in [0.05, 0.1) is 5.69 Å². The van der Waals surface area contributed by atoms with Crippen LogP contribution in [0.1, 0.15) is 45.2 Å². The van der Waals surface area contributed by atoms with Crippen LogP contribution in [0.15, 0.2) is 30.5 Å². The number of aromatic nitrogens is 2. The van der Waals surface area contributed by atoms with Crippen LogP contribution in [0.3, 0.4) is 0 Å². The monoisotopic (exact) mass is 370 g/mol. The van der Waals surface area contributed by atoms with E-state index in [1.807, 2.05) is 31.1 Å². The summed E-state index contributed by atoms with van der Waals surface area (Å²) in [7, 11) is 3.88. The molecular weight excluding hydrogens is 339 g/mol. The van der Waals surface area contributed by atoms with Gasteiger partial charge in [-0.1, -0.05) is 39.0 Å². The number of likely N-dealkylation sites (tertiary alicyclic amines) is 1. The molecule has 1 aromatic heterocycles. The van der Waals surface area contributed by atoms with E-state index in [1.54, 1.807) is 12.3 Å². The summed E-state index contributed by atoms with van der Waals surface area (Å²) in [4.78, 5) is 13.7. The first-order chi connectivity index (χ1) is 12.7. The molecule has 0 unspecified atom stereocenters. The van der Waals surface area contributed by atoms with Crippen LogP contribution < -0.4 is 4.90 Å². The zero-order valence-corrected chi connectivity index (χ0v) is 17.2. The molecule has 0 amide bonds. The van der Waals surface area contributed by atoms with Crippen molar-refractivity contribution >= 4 is 5.95 Å². The minimum absolute atomic E-state index is 0.217. The molecule has 146 valence electrons. The molecule has 0 N–H and O–H groups in total. The second-order valence-electron chi connectivity index (χ2n) is 8.95. The van der Waals surface area contributed by atoms with E-state index in [2.05, 4.69) is 30.7 Å². The predicted octanol–water partition coefficient (Wildman–Crippen LogP) is 4.57. The summed E-state index contributed by atoms with van der Waals surface area (Å²) < 4.78 is 14.5. The first-order valence-electron chi connectivity index (χ1n) is 9.76. The fourth-order valence-electron chi connectivity index (χ4n) is 3.83. The largest absolute Gasteiger partial charge is 0.347 e. The van der Waals surface area contributed by atoms with Gasteiger partial charge in [-0.15, -0.1) is 0 Å². The molecule has 0 saturated carbocycles. The number of piperidine rings is 1. The fourth-order valence-corrected chi connectivity index (χ4v) is 3.83. The first-order valence-corrected chi connectivity index (χ1v) is 9.76. The van der Waals surface area contributed by atoms with E-state index in [4.69, 9.17) is 4.98 Å².